The van der Waals surface area contributed by atoms with E-state index in [1.54, 1.807) is 6.26 Å². The second-order valence-corrected chi connectivity index (χ2v) is 7.83. The molecule has 0 amide bonds. The number of halogens is 1. The van der Waals surface area contributed by atoms with E-state index in [2.05, 4.69) is 62.7 Å². The predicted molar refractivity (Wildman–Crippen MR) is 114 cm³/mol. The lowest BCUT2D eigenvalue weighted by atomic mass is 10.0. The van der Waals surface area contributed by atoms with Crippen LogP contribution in [0.5, 0.6) is 0 Å². The summed E-state index contributed by atoms with van der Waals surface area (Å²) in [7, 11) is 0. The second kappa shape index (κ2) is 10.5. The normalized spacial score (nSPS) is 16.4. The summed E-state index contributed by atoms with van der Waals surface area (Å²) < 4.78 is 6.51. The lowest BCUT2D eigenvalue weighted by molar-refractivity contribution is 0.198. The van der Waals surface area contributed by atoms with Crippen molar-refractivity contribution in [2.75, 3.05) is 26.2 Å². The summed E-state index contributed by atoms with van der Waals surface area (Å²) in [6.07, 6.45) is 4.82. The van der Waals surface area contributed by atoms with Gasteiger partial charge in [-0.3, -0.25) is 9.89 Å². The Morgan fingerprint density at radius 3 is 2.67 bits per heavy atom. The number of aliphatic imine (C=N–C) groups is 1. The number of piperidine rings is 1. The van der Waals surface area contributed by atoms with Crippen LogP contribution in [-0.2, 0) is 13.0 Å². The van der Waals surface area contributed by atoms with Gasteiger partial charge in [-0.2, -0.15) is 0 Å². The topological polar surface area (TPSA) is 52.8 Å². The summed E-state index contributed by atoms with van der Waals surface area (Å²) in [5, 5.41) is 6.96. The molecule has 0 unspecified atom stereocenters. The van der Waals surface area contributed by atoms with E-state index in [1.807, 2.05) is 12.1 Å². The summed E-state index contributed by atoms with van der Waals surface area (Å²) >= 11 is 3.50. The fourth-order valence-corrected chi connectivity index (χ4v) is 3.59. The fourth-order valence-electron chi connectivity index (χ4n) is 3.33. The van der Waals surface area contributed by atoms with Gasteiger partial charge >= 0.3 is 0 Å². The highest BCUT2D eigenvalue weighted by Gasteiger charge is 2.20. The summed E-state index contributed by atoms with van der Waals surface area (Å²) in [6.45, 7) is 6.95. The molecule has 0 radical (unpaired) electrons. The number of furan rings is 1. The van der Waals surface area contributed by atoms with E-state index in [0.717, 1.165) is 68.2 Å². The largest absolute Gasteiger partial charge is 0.469 e. The van der Waals surface area contributed by atoms with Crippen LogP contribution in [-0.4, -0.2) is 43.1 Å². The summed E-state index contributed by atoms with van der Waals surface area (Å²) in [6, 6.07) is 13.0. The molecule has 1 aliphatic heterocycles. The highest BCUT2D eigenvalue weighted by atomic mass is 79.9. The first-order valence-electron chi connectivity index (χ1n) is 9.77. The minimum absolute atomic E-state index is 0.479. The number of nitrogens with one attached hydrogen (secondary N) is 2. The number of hydrogen-bond donors (Lipinski definition) is 2. The van der Waals surface area contributed by atoms with Gasteiger partial charge in [0.15, 0.2) is 5.96 Å². The molecule has 0 saturated carbocycles. The average Bonchev–Trinajstić information content (AvgIpc) is 3.19. The molecule has 5 nitrogen and oxygen atoms in total. The van der Waals surface area contributed by atoms with E-state index in [1.165, 1.54) is 5.56 Å². The third kappa shape index (κ3) is 6.70. The molecule has 1 saturated heterocycles. The van der Waals surface area contributed by atoms with Crippen molar-refractivity contribution in [2.45, 2.75) is 38.8 Å². The number of likely N-dealkylation sites (tertiary alicyclic amines) is 1. The molecule has 0 spiro atoms. The molecule has 2 aromatic rings. The fraction of sp³-hybridized carbons (Fsp3) is 0.476. The minimum Gasteiger partial charge on any atom is -0.469 e. The van der Waals surface area contributed by atoms with E-state index < -0.39 is 0 Å². The van der Waals surface area contributed by atoms with E-state index in [-0.39, 0.29) is 0 Å². The van der Waals surface area contributed by atoms with Crippen molar-refractivity contribution in [1.82, 2.24) is 15.5 Å². The first-order valence-corrected chi connectivity index (χ1v) is 10.6. The van der Waals surface area contributed by atoms with Crippen molar-refractivity contribution < 1.29 is 4.42 Å². The van der Waals surface area contributed by atoms with Gasteiger partial charge in [0.2, 0.25) is 0 Å². The molecule has 0 bridgehead atoms. The maximum Gasteiger partial charge on any atom is 0.191 e. The third-order valence-electron chi connectivity index (χ3n) is 4.80. The zero-order valence-electron chi connectivity index (χ0n) is 16.0. The molecule has 2 heterocycles. The van der Waals surface area contributed by atoms with E-state index in [4.69, 9.17) is 9.41 Å². The van der Waals surface area contributed by atoms with Crippen LogP contribution in [0.4, 0.5) is 0 Å². The quantitative estimate of drug-likeness (QED) is 0.515. The first kappa shape index (κ1) is 20.0. The van der Waals surface area contributed by atoms with Crippen LogP contribution >= 0.6 is 15.9 Å². The zero-order valence-corrected chi connectivity index (χ0v) is 17.5. The molecule has 6 heteroatoms. The summed E-state index contributed by atoms with van der Waals surface area (Å²) in [5.74, 6) is 1.89. The van der Waals surface area contributed by atoms with Crippen LogP contribution in [0.3, 0.4) is 0 Å². The van der Waals surface area contributed by atoms with Crippen molar-refractivity contribution in [3.8, 4) is 0 Å². The average molecular weight is 433 g/mol. The van der Waals surface area contributed by atoms with Crippen molar-refractivity contribution in [2.24, 2.45) is 4.99 Å². The molecule has 1 aromatic heterocycles. The van der Waals surface area contributed by atoms with Gasteiger partial charge in [-0.15, -0.1) is 0 Å². The maximum atomic E-state index is 5.37. The van der Waals surface area contributed by atoms with Crippen molar-refractivity contribution in [1.29, 1.82) is 0 Å². The van der Waals surface area contributed by atoms with Crippen LogP contribution in [0.25, 0.3) is 0 Å². The Bertz CT molecular complexity index is 691. The number of guanidine groups is 1. The molecular formula is C21H29BrN4O. The lowest BCUT2D eigenvalue weighted by Crippen LogP contribution is -2.48. The van der Waals surface area contributed by atoms with Crippen LogP contribution in [0.1, 0.15) is 31.1 Å². The molecular weight excluding hydrogens is 404 g/mol. The number of benzene rings is 1. The Balaban J connectivity index is 1.43. The molecule has 146 valence electrons. The Morgan fingerprint density at radius 1 is 1.22 bits per heavy atom. The van der Waals surface area contributed by atoms with Crippen molar-refractivity contribution >= 4 is 21.9 Å². The lowest BCUT2D eigenvalue weighted by Gasteiger charge is -2.33. The number of nitrogens with zero attached hydrogens (tertiary/aromatic N) is 2. The summed E-state index contributed by atoms with van der Waals surface area (Å²) in [5.41, 5.74) is 1.37. The maximum absolute atomic E-state index is 5.37. The number of hydrogen-bond acceptors (Lipinski definition) is 3. The van der Waals surface area contributed by atoms with Gasteiger partial charge in [0.1, 0.15) is 5.76 Å². The van der Waals surface area contributed by atoms with E-state index >= 15 is 0 Å². The molecule has 0 aliphatic carbocycles. The molecule has 2 N–H and O–H groups in total. The van der Waals surface area contributed by atoms with Crippen LogP contribution in [0, 0.1) is 0 Å². The van der Waals surface area contributed by atoms with E-state index in [0.29, 0.717) is 6.04 Å². The van der Waals surface area contributed by atoms with Crippen LogP contribution in [0.15, 0.2) is 56.5 Å². The van der Waals surface area contributed by atoms with Gasteiger partial charge in [0.25, 0.3) is 0 Å². The van der Waals surface area contributed by atoms with Crippen molar-refractivity contribution in [3.05, 3.63) is 58.5 Å². The van der Waals surface area contributed by atoms with Gasteiger partial charge in [-0.25, -0.2) is 0 Å². The smallest absolute Gasteiger partial charge is 0.191 e. The highest BCUT2D eigenvalue weighted by molar-refractivity contribution is 9.10. The Hall–Kier alpha value is -1.79. The molecule has 1 fully saturated rings. The summed E-state index contributed by atoms with van der Waals surface area (Å²) in [4.78, 5) is 7.22. The third-order valence-corrected chi connectivity index (χ3v) is 5.33. The Morgan fingerprint density at radius 2 is 2.00 bits per heavy atom. The molecule has 1 aromatic carbocycles. The first-order chi connectivity index (χ1) is 13.2. The molecule has 1 aliphatic rings. The van der Waals surface area contributed by atoms with Crippen LogP contribution in [0.2, 0.25) is 0 Å². The standard InChI is InChI=1S/C21H29BrN4O/c1-2-23-21(24-12-9-20-4-3-15-27-20)25-19-10-13-26(14-11-19)16-17-5-7-18(22)8-6-17/h3-8,15,19H,2,9-14,16H2,1H3,(H2,23,24,25). The molecule has 0 atom stereocenters. The highest BCUT2D eigenvalue weighted by Crippen LogP contribution is 2.16. The monoisotopic (exact) mass is 432 g/mol. The second-order valence-electron chi connectivity index (χ2n) is 6.91. The van der Waals surface area contributed by atoms with Gasteiger partial charge in [0, 0.05) is 49.7 Å². The van der Waals surface area contributed by atoms with Crippen LogP contribution < -0.4 is 10.6 Å². The zero-order chi connectivity index (χ0) is 18.9. The minimum atomic E-state index is 0.479. The van der Waals surface area contributed by atoms with Gasteiger partial charge in [-0.1, -0.05) is 28.1 Å². The predicted octanol–water partition coefficient (Wildman–Crippen LogP) is 3.80. The SMILES string of the molecule is CCNC(=NCCc1ccco1)NC1CCN(Cc2ccc(Br)cc2)CC1. The van der Waals surface area contributed by atoms with E-state index in [9.17, 15) is 0 Å². The Kier molecular flexibility index (Phi) is 7.78. The van der Waals surface area contributed by atoms with Gasteiger partial charge in [0.05, 0.1) is 6.26 Å². The molecule has 3 rings (SSSR count). The Labute approximate surface area is 170 Å². The van der Waals surface area contributed by atoms with Crippen molar-refractivity contribution in [3.63, 3.8) is 0 Å². The van der Waals surface area contributed by atoms with Gasteiger partial charge < -0.3 is 15.1 Å². The van der Waals surface area contributed by atoms with Gasteiger partial charge in [-0.05, 0) is 49.6 Å². The number of rotatable bonds is 7. The molecule has 27 heavy (non-hydrogen) atoms.